The molecule has 10 nitrogen and oxygen atoms in total. The van der Waals surface area contributed by atoms with Gasteiger partial charge in [-0.2, -0.15) is 5.10 Å². The van der Waals surface area contributed by atoms with E-state index in [4.69, 9.17) is 20.3 Å². The average molecular weight is 528 g/mol. The Hall–Kier alpha value is -4.02. The fourth-order valence-corrected chi connectivity index (χ4v) is 5.47. The molecule has 202 valence electrons. The number of nitrogens with two attached hydrogens (primary N) is 1. The monoisotopic (exact) mass is 527 g/mol. The number of morpholine rings is 1. The van der Waals surface area contributed by atoms with Crippen molar-refractivity contribution >= 4 is 22.8 Å². The van der Waals surface area contributed by atoms with Gasteiger partial charge in [0.1, 0.15) is 29.3 Å². The van der Waals surface area contributed by atoms with Gasteiger partial charge in [-0.15, -0.1) is 0 Å². The minimum absolute atomic E-state index is 0.0481. The molecule has 2 aromatic heterocycles. The Bertz CT molecular complexity index is 1410. The number of carbonyl (C=O) groups excluding carboxylic acids is 1. The van der Waals surface area contributed by atoms with Gasteiger partial charge in [0.05, 0.1) is 30.6 Å². The molecule has 1 atom stereocenters. The highest BCUT2D eigenvalue weighted by molar-refractivity contribution is 5.98. The average Bonchev–Trinajstić information content (AvgIpc) is 3.36. The molecule has 3 heterocycles. The second-order valence-electron chi connectivity index (χ2n) is 10.2. The first-order chi connectivity index (χ1) is 19.1. The van der Waals surface area contributed by atoms with Crippen molar-refractivity contribution in [3.63, 3.8) is 0 Å². The largest absolute Gasteiger partial charge is 0.457 e. The van der Waals surface area contributed by atoms with Crippen molar-refractivity contribution in [3.05, 3.63) is 60.9 Å². The molecule has 2 fully saturated rings. The number of hydrogen-bond donors (Lipinski definition) is 3. The number of amides is 1. The number of para-hydroxylation sites is 1. The van der Waals surface area contributed by atoms with E-state index in [0.717, 1.165) is 72.6 Å². The van der Waals surface area contributed by atoms with Gasteiger partial charge in [-0.05, 0) is 62.1 Å². The van der Waals surface area contributed by atoms with Crippen LogP contribution in [0.5, 0.6) is 11.5 Å². The van der Waals surface area contributed by atoms with Crippen LogP contribution < -0.4 is 21.1 Å². The Morgan fingerprint density at radius 3 is 2.56 bits per heavy atom. The highest BCUT2D eigenvalue weighted by Gasteiger charge is 2.28. The molecule has 1 saturated carbocycles. The van der Waals surface area contributed by atoms with Crippen LogP contribution in [0, 0.1) is 0 Å². The van der Waals surface area contributed by atoms with E-state index in [9.17, 15) is 4.79 Å². The zero-order chi connectivity index (χ0) is 26.6. The molecule has 2 aromatic carbocycles. The fourth-order valence-electron chi connectivity index (χ4n) is 5.47. The first-order valence-electron chi connectivity index (χ1n) is 13.6. The van der Waals surface area contributed by atoms with Gasteiger partial charge in [0, 0.05) is 24.7 Å². The predicted octanol–water partition coefficient (Wildman–Crippen LogP) is 3.85. The molecular weight excluding hydrogens is 494 g/mol. The molecule has 1 amide bonds. The van der Waals surface area contributed by atoms with Crippen LogP contribution >= 0.6 is 0 Å². The Morgan fingerprint density at radius 1 is 1.05 bits per heavy atom. The molecule has 0 radical (unpaired) electrons. The van der Waals surface area contributed by atoms with E-state index in [1.807, 2.05) is 59.3 Å². The maximum absolute atomic E-state index is 12.6. The van der Waals surface area contributed by atoms with E-state index in [-0.39, 0.29) is 24.1 Å². The standard InChI is InChI=1S/C29H33N7O3/c30-28-26-27(19-6-12-23(13-7-19)39-22-4-2-1-3-5-22)35-36(29(26)33-18-32-28)21-10-8-20(9-11-21)34-25(37)16-24-17-31-14-15-38-24/h1-7,12-13,18,20-21,24,31H,8-11,14-17H2,(H,34,37)(H2,30,32,33). The Labute approximate surface area is 226 Å². The van der Waals surface area contributed by atoms with Gasteiger partial charge in [0.2, 0.25) is 5.91 Å². The molecule has 1 unspecified atom stereocenters. The summed E-state index contributed by atoms with van der Waals surface area (Å²) in [5, 5.41) is 12.2. The number of ether oxygens (including phenoxy) is 2. The van der Waals surface area contributed by atoms with Crippen molar-refractivity contribution in [2.45, 2.75) is 50.3 Å². The van der Waals surface area contributed by atoms with Crippen LogP contribution in [0.4, 0.5) is 5.82 Å². The van der Waals surface area contributed by atoms with Gasteiger partial charge in [-0.3, -0.25) is 4.79 Å². The Morgan fingerprint density at radius 2 is 1.82 bits per heavy atom. The van der Waals surface area contributed by atoms with Crippen LogP contribution in [0.15, 0.2) is 60.9 Å². The third-order valence-corrected chi connectivity index (χ3v) is 7.45. The highest BCUT2D eigenvalue weighted by Crippen LogP contribution is 2.36. The number of aromatic nitrogens is 4. The summed E-state index contributed by atoms with van der Waals surface area (Å²) in [6.45, 7) is 2.22. The van der Waals surface area contributed by atoms with E-state index < -0.39 is 0 Å². The van der Waals surface area contributed by atoms with Gasteiger partial charge in [-0.1, -0.05) is 18.2 Å². The number of nitrogens with zero attached hydrogens (tertiary/aromatic N) is 4. The van der Waals surface area contributed by atoms with E-state index in [1.54, 1.807) is 0 Å². The molecule has 0 bridgehead atoms. The molecule has 0 spiro atoms. The summed E-state index contributed by atoms with van der Waals surface area (Å²) < 4.78 is 13.6. The third-order valence-electron chi connectivity index (χ3n) is 7.45. The number of carbonyl (C=O) groups is 1. The van der Waals surface area contributed by atoms with Crippen molar-refractivity contribution in [2.24, 2.45) is 0 Å². The van der Waals surface area contributed by atoms with Crippen LogP contribution in [0.2, 0.25) is 0 Å². The highest BCUT2D eigenvalue weighted by atomic mass is 16.5. The molecule has 4 aromatic rings. The lowest BCUT2D eigenvalue weighted by Gasteiger charge is -2.30. The zero-order valence-corrected chi connectivity index (χ0v) is 21.8. The summed E-state index contributed by atoms with van der Waals surface area (Å²) >= 11 is 0. The van der Waals surface area contributed by atoms with Crippen molar-refractivity contribution in [1.29, 1.82) is 0 Å². The molecular formula is C29H33N7O3. The summed E-state index contributed by atoms with van der Waals surface area (Å²) in [7, 11) is 0. The quantitative estimate of drug-likeness (QED) is 0.331. The van der Waals surface area contributed by atoms with E-state index in [0.29, 0.717) is 18.8 Å². The molecule has 1 aliphatic carbocycles. The predicted molar refractivity (Wildman–Crippen MR) is 148 cm³/mol. The smallest absolute Gasteiger partial charge is 0.222 e. The fraction of sp³-hybridized carbons (Fsp3) is 0.379. The third kappa shape index (κ3) is 5.71. The number of rotatable bonds is 7. The molecule has 10 heteroatoms. The van der Waals surface area contributed by atoms with Crippen LogP contribution in [0.3, 0.4) is 0 Å². The number of anilines is 1. The topological polar surface area (TPSA) is 129 Å². The maximum Gasteiger partial charge on any atom is 0.222 e. The normalized spacial score (nSPS) is 21.5. The Kier molecular flexibility index (Phi) is 7.38. The van der Waals surface area contributed by atoms with Gasteiger partial charge in [-0.25, -0.2) is 14.6 Å². The van der Waals surface area contributed by atoms with Gasteiger partial charge in [0.15, 0.2) is 5.65 Å². The summed E-state index contributed by atoms with van der Waals surface area (Å²) in [4.78, 5) is 21.4. The van der Waals surface area contributed by atoms with Crippen LogP contribution in [-0.2, 0) is 9.53 Å². The van der Waals surface area contributed by atoms with E-state index in [1.165, 1.54) is 6.33 Å². The maximum atomic E-state index is 12.6. The lowest BCUT2D eigenvalue weighted by Crippen LogP contribution is -2.44. The lowest BCUT2D eigenvalue weighted by molar-refractivity contribution is -0.125. The summed E-state index contributed by atoms with van der Waals surface area (Å²) in [6, 6.07) is 17.8. The van der Waals surface area contributed by atoms with E-state index >= 15 is 0 Å². The lowest BCUT2D eigenvalue weighted by atomic mass is 9.91. The summed E-state index contributed by atoms with van der Waals surface area (Å²) in [5.74, 6) is 1.98. The molecule has 4 N–H and O–H groups in total. The summed E-state index contributed by atoms with van der Waals surface area (Å²) in [6.07, 6.45) is 5.36. The number of hydrogen-bond acceptors (Lipinski definition) is 8. The number of fused-ring (bicyclic) bond motifs is 1. The second kappa shape index (κ2) is 11.4. The SMILES string of the molecule is Nc1ncnc2c1c(-c1ccc(Oc3ccccc3)cc1)nn2C1CCC(NC(=O)CC2CNCCO2)CC1. The van der Waals surface area contributed by atoms with Crippen molar-refractivity contribution in [1.82, 2.24) is 30.4 Å². The number of benzene rings is 2. The van der Waals surface area contributed by atoms with Crippen molar-refractivity contribution < 1.29 is 14.3 Å². The first-order valence-corrected chi connectivity index (χ1v) is 13.6. The number of nitrogen functional groups attached to an aromatic ring is 1. The van der Waals surface area contributed by atoms with E-state index in [2.05, 4.69) is 20.6 Å². The zero-order valence-electron chi connectivity index (χ0n) is 21.8. The van der Waals surface area contributed by atoms with Crippen LogP contribution in [0.1, 0.15) is 38.1 Å². The van der Waals surface area contributed by atoms with Gasteiger partial charge >= 0.3 is 0 Å². The van der Waals surface area contributed by atoms with Crippen LogP contribution in [0.25, 0.3) is 22.3 Å². The molecule has 39 heavy (non-hydrogen) atoms. The minimum Gasteiger partial charge on any atom is -0.457 e. The molecule has 1 aliphatic heterocycles. The molecule has 2 aliphatic rings. The molecule has 6 rings (SSSR count). The Balaban J connectivity index is 1.16. The number of nitrogens with one attached hydrogen (secondary N) is 2. The van der Waals surface area contributed by atoms with Crippen LogP contribution in [-0.4, -0.2) is 57.5 Å². The van der Waals surface area contributed by atoms with Gasteiger partial charge < -0.3 is 25.8 Å². The van der Waals surface area contributed by atoms with Crippen molar-refractivity contribution in [2.75, 3.05) is 25.4 Å². The second-order valence-corrected chi connectivity index (χ2v) is 10.2. The first kappa shape index (κ1) is 25.3. The van der Waals surface area contributed by atoms with Crippen molar-refractivity contribution in [3.8, 4) is 22.8 Å². The minimum atomic E-state index is -0.0481. The molecule has 1 saturated heterocycles. The summed E-state index contributed by atoms with van der Waals surface area (Å²) in [5.41, 5.74) is 8.74. The van der Waals surface area contributed by atoms with Gasteiger partial charge in [0.25, 0.3) is 0 Å².